The molecule has 0 spiro atoms. The molecule has 1 heterocycles. The summed E-state index contributed by atoms with van der Waals surface area (Å²) in [6.45, 7) is 0.469. The summed E-state index contributed by atoms with van der Waals surface area (Å²) in [5.74, 6) is -4.60. The highest BCUT2D eigenvalue weighted by atomic mass is 19.2. The van der Waals surface area contributed by atoms with E-state index < -0.39 is 29.4 Å². The Balaban J connectivity index is 1.50. The molecule has 0 bridgehead atoms. The molecule has 4 rings (SSSR count). The van der Waals surface area contributed by atoms with Crippen LogP contribution in [0.1, 0.15) is 29.4 Å². The van der Waals surface area contributed by atoms with Gasteiger partial charge in [0.05, 0.1) is 5.92 Å². The fraction of sp³-hybridized carbons (Fsp3) is 0.333. The molecular formula is C21H19F2NO3. The summed E-state index contributed by atoms with van der Waals surface area (Å²) in [6.07, 6.45) is 0.462. The number of hydrogen-bond acceptors (Lipinski definition) is 2. The third-order valence-electron chi connectivity index (χ3n) is 5.67. The first-order valence-electron chi connectivity index (χ1n) is 8.97. The van der Waals surface area contributed by atoms with Crippen LogP contribution >= 0.6 is 0 Å². The van der Waals surface area contributed by atoms with Crippen molar-refractivity contribution < 1.29 is 23.5 Å². The average molecular weight is 371 g/mol. The van der Waals surface area contributed by atoms with Crippen molar-refractivity contribution in [2.24, 2.45) is 11.8 Å². The van der Waals surface area contributed by atoms with Crippen molar-refractivity contribution in [3.05, 3.63) is 71.3 Å². The van der Waals surface area contributed by atoms with Crippen molar-refractivity contribution in [1.29, 1.82) is 0 Å². The Morgan fingerprint density at radius 1 is 0.926 bits per heavy atom. The first kappa shape index (κ1) is 17.6. The van der Waals surface area contributed by atoms with Crippen LogP contribution in [0.15, 0.2) is 48.5 Å². The van der Waals surface area contributed by atoms with E-state index in [9.17, 15) is 23.5 Å². The Bertz CT molecular complexity index is 886. The van der Waals surface area contributed by atoms with Gasteiger partial charge in [-0.1, -0.05) is 42.5 Å². The van der Waals surface area contributed by atoms with Gasteiger partial charge in [0.2, 0.25) is 5.91 Å². The second-order valence-corrected chi connectivity index (χ2v) is 7.30. The molecule has 4 nitrogen and oxygen atoms in total. The second-order valence-electron chi connectivity index (χ2n) is 7.30. The zero-order valence-corrected chi connectivity index (χ0v) is 14.5. The molecule has 2 aromatic rings. The molecule has 6 heteroatoms. The average Bonchev–Trinajstić information content (AvgIpc) is 3.32. The monoisotopic (exact) mass is 371 g/mol. The summed E-state index contributed by atoms with van der Waals surface area (Å²) < 4.78 is 27.4. The standard InChI is InChI=1S/C21H19F2NO3/c22-18-8-4-7-13(19(18)23)14-9-15(14)20(25)24-10-16(17(11-24)21(26)27)12-5-2-1-3-6-12/h1-8,14-17H,9-11H2,(H,26,27). The summed E-state index contributed by atoms with van der Waals surface area (Å²) in [4.78, 5) is 26.1. The van der Waals surface area contributed by atoms with Crippen LogP contribution in [-0.2, 0) is 9.59 Å². The fourth-order valence-corrected chi connectivity index (χ4v) is 4.12. The molecule has 140 valence electrons. The van der Waals surface area contributed by atoms with Crippen LogP contribution in [0.5, 0.6) is 0 Å². The van der Waals surface area contributed by atoms with Crippen LogP contribution < -0.4 is 0 Å². The largest absolute Gasteiger partial charge is 0.481 e. The minimum atomic E-state index is -0.928. The molecule has 1 saturated heterocycles. The number of likely N-dealkylation sites (tertiary alicyclic amines) is 1. The number of halogens is 2. The summed E-state index contributed by atoms with van der Waals surface area (Å²) in [6, 6.07) is 13.3. The van der Waals surface area contributed by atoms with Crippen LogP contribution in [-0.4, -0.2) is 35.0 Å². The highest BCUT2D eigenvalue weighted by molar-refractivity contribution is 5.85. The number of carboxylic acids is 1. The van der Waals surface area contributed by atoms with E-state index in [0.717, 1.165) is 11.6 Å². The van der Waals surface area contributed by atoms with E-state index in [2.05, 4.69) is 0 Å². The second kappa shape index (κ2) is 6.76. The van der Waals surface area contributed by atoms with Crippen LogP contribution in [0.4, 0.5) is 8.78 Å². The van der Waals surface area contributed by atoms with Crippen LogP contribution in [0.3, 0.4) is 0 Å². The molecular weight excluding hydrogens is 352 g/mol. The lowest BCUT2D eigenvalue weighted by Gasteiger charge is -2.17. The van der Waals surface area contributed by atoms with Crippen molar-refractivity contribution in [1.82, 2.24) is 4.90 Å². The molecule has 1 N–H and O–H groups in total. The van der Waals surface area contributed by atoms with Crippen molar-refractivity contribution in [3.8, 4) is 0 Å². The number of rotatable bonds is 4. The lowest BCUT2D eigenvalue weighted by molar-refractivity contribution is -0.142. The number of benzene rings is 2. The van der Waals surface area contributed by atoms with E-state index in [1.807, 2.05) is 30.3 Å². The normalized spacial score (nSPS) is 26.8. The number of hydrogen-bond donors (Lipinski definition) is 1. The number of amides is 1. The van der Waals surface area contributed by atoms with Gasteiger partial charge in [0.15, 0.2) is 11.6 Å². The van der Waals surface area contributed by atoms with Gasteiger partial charge in [-0.25, -0.2) is 8.78 Å². The summed E-state index contributed by atoms with van der Waals surface area (Å²) in [7, 11) is 0. The van der Waals surface area contributed by atoms with Gasteiger partial charge in [0.25, 0.3) is 0 Å². The Morgan fingerprint density at radius 3 is 2.37 bits per heavy atom. The predicted molar refractivity (Wildman–Crippen MR) is 94.1 cm³/mol. The molecule has 1 saturated carbocycles. The van der Waals surface area contributed by atoms with E-state index in [4.69, 9.17) is 0 Å². The van der Waals surface area contributed by atoms with E-state index in [-0.39, 0.29) is 29.9 Å². The number of aliphatic carboxylic acids is 1. The summed E-state index contributed by atoms with van der Waals surface area (Å²) >= 11 is 0. The zero-order chi connectivity index (χ0) is 19.1. The van der Waals surface area contributed by atoms with E-state index in [1.54, 1.807) is 4.90 Å². The smallest absolute Gasteiger partial charge is 0.308 e. The van der Waals surface area contributed by atoms with Gasteiger partial charge in [-0.3, -0.25) is 9.59 Å². The van der Waals surface area contributed by atoms with E-state index >= 15 is 0 Å². The molecule has 27 heavy (non-hydrogen) atoms. The van der Waals surface area contributed by atoms with Gasteiger partial charge >= 0.3 is 5.97 Å². The maximum absolute atomic E-state index is 14.0. The third-order valence-corrected chi connectivity index (χ3v) is 5.67. The Kier molecular flexibility index (Phi) is 4.42. The van der Waals surface area contributed by atoms with Gasteiger partial charge in [0, 0.05) is 24.9 Å². The van der Waals surface area contributed by atoms with Gasteiger partial charge in [-0.2, -0.15) is 0 Å². The lowest BCUT2D eigenvalue weighted by Crippen LogP contribution is -2.31. The van der Waals surface area contributed by atoms with Crippen LogP contribution in [0, 0.1) is 23.5 Å². The first-order valence-corrected chi connectivity index (χ1v) is 8.97. The maximum atomic E-state index is 14.0. The zero-order valence-electron chi connectivity index (χ0n) is 14.5. The van der Waals surface area contributed by atoms with Crippen molar-refractivity contribution in [2.75, 3.05) is 13.1 Å². The van der Waals surface area contributed by atoms with Crippen LogP contribution in [0.25, 0.3) is 0 Å². The highest BCUT2D eigenvalue weighted by Crippen LogP contribution is 2.50. The number of carbonyl (C=O) groups is 2. The SMILES string of the molecule is O=C(O)C1CN(C(=O)C2CC2c2cccc(F)c2F)CC1c1ccccc1. The lowest BCUT2D eigenvalue weighted by atomic mass is 9.89. The molecule has 2 aromatic carbocycles. The quantitative estimate of drug-likeness (QED) is 0.896. The molecule has 1 aliphatic heterocycles. The summed E-state index contributed by atoms with van der Waals surface area (Å²) in [5.41, 5.74) is 1.12. The topological polar surface area (TPSA) is 57.6 Å². The molecule has 2 fully saturated rings. The minimum absolute atomic E-state index is 0.141. The minimum Gasteiger partial charge on any atom is -0.481 e. The fourth-order valence-electron chi connectivity index (χ4n) is 4.12. The molecule has 4 atom stereocenters. The molecule has 1 amide bonds. The van der Waals surface area contributed by atoms with Gasteiger partial charge in [-0.15, -0.1) is 0 Å². The molecule has 0 aromatic heterocycles. The van der Waals surface area contributed by atoms with E-state index in [1.165, 1.54) is 12.1 Å². The maximum Gasteiger partial charge on any atom is 0.308 e. The summed E-state index contributed by atoms with van der Waals surface area (Å²) in [5, 5.41) is 9.57. The third kappa shape index (κ3) is 3.20. The molecule has 4 unspecified atom stereocenters. The van der Waals surface area contributed by atoms with Crippen LogP contribution in [0.2, 0.25) is 0 Å². The number of nitrogens with zero attached hydrogens (tertiary/aromatic N) is 1. The van der Waals surface area contributed by atoms with Gasteiger partial charge < -0.3 is 10.0 Å². The van der Waals surface area contributed by atoms with Gasteiger partial charge in [-0.05, 0) is 29.5 Å². The van der Waals surface area contributed by atoms with Crippen molar-refractivity contribution in [2.45, 2.75) is 18.3 Å². The Hall–Kier alpha value is -2.76. The number of carbonyl (C=O) groups excluding carboxylic acids is 1. The van der Waals surface area contributed by atoms with Crippen molar-refractivity contribution in [3.63, 3.8) is 0 Å². The molecule has 2 aliphatic rings. The van der Waals surface area contributed by atoms with Gasteiger partial charge in [0.1, 0.15) is 0 Å². The molecule has 0 radical (unpaired) electrons. The highest BCUT2D eigenvalue weighted by Gasteiger charge is 2.50. The Morgan fingerprint density at radius 2 is 1.67 bits per heavy atom. The molecule has 1 aliphatic carbocycles. The number of carboxylic acid groups (broad SMARTS) is 1. The van der Waals surface area contributed by atoms with E-state index in [0.29, 0.717) is 13.0 Å². The first-order chi connectivity index (χ1) is 13.0. The Labute approximate surface area is 155 Å². The van der Waals surface area contributed by atoms with Crippen molar-refractivity contribution >= 4 is 11.9 Å². The predicted octanol–water partition coefficient (Wildman–Crippen LogP) is 3.40.